The van der Waals surface area contributed by atoms with Crippen molar-refractivity contribution in [3.63, 3.8) is 0 Å². The quantitative estimate of drug-likeness (QED) is 0.277. The molecule has 0 aliphatic heterocycles. The lowest BCUT2D eigenvalue weighted by Gasteiger charge is -2.11. The van der Waals surface area contributed by atoms with Crippen molar-refractivity contribution in [2.24, 2.45) is 12.0 Å². The molecule has 39 heavy (non-hydrogen) atoms. The molecule has 3 aromatic rings. The number of phenolic OH excluding ortho intramolecular Hbond substituents is 1. The Morgan fingerprint density at radius 1 is 1.00 bits per heavy atom. The van der Waals surface area contributed by atoms with E-state index in [1.165, 1.54) is 0 Å². The third-order valence-electron chi connectivity index (χ3n) is 6.44. The van der Waals surface area contributed by atoms with Gasteiger partial charge < -0.3 is 9.84 Å². The summed E-state index contributed by atoms with van der Waals surface area (Å²) >= 11 is 0. The van der Waals surface area contributed by atoms with E-state index in [2.05, 4.69) is 21.7 Å². The van der Waals surface area contributed by atoms with E-state index in [9.17, 15) is 9.90 Å². The van der Waals surface area contributed by atoms with Gasteiger partial charge >= 0.3 is 5.97 Å². The fourth-order valence-electron chi connectivity index (χ4n) is 4.49. The van der Waals surface area contributed by atoms with Crippen LogP contribution < -0.4 is 4.57 Å². The maximum absolute atomic E-state index is 12.7. The predicted molar refractivity (Wildman–Crippen MR) is 161 cm³/mol. The van der Waals surface area contributed by atoms with Gasteiger partial charge in [-0.1, -0.05) is 66.8 Å². The minimum absolute atomic E-state index is 0.0784. The molecule has 1 N–H and O–H groups in total. The summed E-state index contributed by atoms with van der Waals surface area (Å²) in [7, 11) is 3.77. The van der Waals surface area contributed by atoms with E-state index in [4.69, 9.17) is 4.74 Å². The highest BCUT2D eigenvalue weighted by atomic mass is 16.5. The van der Waals surface area contributed by atoms with Crippen LogP contribution in [-0.2, 0) is 11.8 Å². The number of ether oxygens (including phenoxy) is 1. The topological polar surface area (TPSA) is 62.8 Å². The summed E-state index contributed by atoms with van der Waals surface area (Å²) < 4.78 is 7.34. The zero-order valence-corrected chi connectivity index (χ0v) is 22.8. The van der Waals surface area contributed by atoms with Gasteiger partial charge in [-0.3, -0.25) is 4.99 Å². The van der Waals surface area contributed by atoms with Crippen molar-refractivity contribution in [1.82, 2.24) is 0 Å². The van der Waals surface area contributed by atoms with Crippen molar-refractivity contribution in [1.29, 1.82) is 0 Å². The Balaban J connectivity index is 1.81. The molecule has 1 aromatic heterocycles. The molecule has 2 aromatic carbocycles. The Morgan fingerprint density at radius 3 is 2.46 bits per heavy atom. The van der Waals surface area contributed by atoms with E-state index < -0.39 is 5.97 Å². The van der Waals surface area contributed by atoms with Gasteiger partial charge in [0, 0.05) is 35.9 Å². The monoisotopic (exact) mass is 517 g/mol. The number of nitrogens with zero attached hydrogens (tertiary/aromatic N) is 2. The molecule has 0 amide bonds. The molecule has 1 aliphatic rings. The number of rotatable bonds is 7. The molecule has 0 atom stereocenters. The summed E-state index contributed by atoms with van der Waals surface area (Å²) in [4.78, 5) is 17.1. The molecule has 0 spiro atoms. The first-order valence-corrected chi connectivity index (χ1v) is 12.9. The van der Waals surface area contributed by atoms with Crippen LogP contribution in [0.25, 0.3) is 29.1 Å². The maximum atomic E-state index is 12.7. The van der Waals surface area contributed by atoms with Gasteiger partial charge in [-0.15, -0.1) is 0 Å². The number of pyridine rings is 1. The summed E-state index contributed by atoms with van der Waals surface area (Å²) in [5, 5.41) is 12.4. The minimum Gasteiger partial charge on any atom is -0.507 e. The molecule has 1 aliphatic carbocycles. The first-order valence-electron chi connectivity index (χ1n) is 12.9. The van der Waals surface area contributed by atoms with Gasteiger partial charge in [-0.25, -0.2) is 9.36 Å². The average molecular weight is 518 g/mol. The summed E-state index contributed by atoms with van der Waals surface area (Å²) in [6.07, 6.45) is 21.4. The van der Waals surface area contributed by atoms with E-state index in [-0.39, 0.29) is 12.4 Å². The third-order valence-corrected chi connectivity index (χ3v) is 6.44. The Bertz CT molecular complexity index is 1610. The van der Waals surface area contributed by atoms with Gasteiger partial charge in [-0.05, 0) is 49.3 Å². The number of hydrogen-bond acceptors (Lipinski definition) is 4. The second-order valence-corrected chi connectivity index (χ2v) is 8.99. The molecule has 0 saturated heterocycles. The van der Waals surface area contributed by atoms with Crippen LogP contribution in [0, 0.1) is 0 Å². The molecule has 4 rings (SSSR count). The fraction of sp³-hybridized carbons (Fsp3) is 0.147. The largest absolute Gasteiger partial charge is 0.507 e. The molecule has 0 saturated carbocycles. The van der Waals surface area contributed by atoms with Crippen molar-refractivity contribution in [3.05, 3.63) is 125 Å². The molecule has 0 fully saturated rings. The number of fused-ring (bicyclic) bond motifs is 1. The number of aromatic nitrogens is 1. The highest BCUT2D eigenvalue weighted by molar-refractivity contribution is 6.12. The van der Waals surface area contributed by atoms with E-state index in [1.54, 1.807) is 26.1 Å². The van der Waals surface area contributed by atoms with Gasteiger partial charge in [0.05, 0.1) is 23.3 Å². The van der Waals surface area contributed by atoms with Crippen molar-refractivity contribution in [2.75, 3.05) is 13.7 Å². The second kappa shape index (κ2) is 12.7. The molecule has 196 valence electrons. The molecule has 5 nitrogen and oxygen atoms in total. The number of phenols is 1. The SMILES string of the molecule is C\C=C/C(/C=C/c1cc(C(=O)OCC)cc(/C=C/c2cc[n+](C)c3ccccc23)c1O)=C1/C=CC=C/C1=N\C. The highest BCUT2D eigenvalue weighted by Gasteiger charge is 2.14. The first-order chi connectivity index (χ1) is 19.0. The molecule has 0 unspecified atom stereocenters. The van der Waals surface area contributed by atoms with Crippen molar-refractivity contribution in [3.8, 4) is 5.75 Å². The Kier molecular flexibility index (Phi) is 8.85. The van der Waals surface area contributed by atoms with Crippen LogP contribution in [0.2, 0.25) is 0 Å². The molecular formula is C34H33N2O3+. The smallest absolute Gasteiger partial charge is 0.338 e. The van der Waals surface area contributed by atoms with Gasteiger partial charge in [0.25, 0.3) is 0 Å². The van der Waals surface area contributed by atoms with Crippen LogP contribution in [0.3, 0.4) is 0 Å². The predicted octanol–water partition coefficient (Wildman–Crippen LogP) is 6.80. The summed E-state index contributed by atoms with van der Waals surface area (Å²) in [5.41, 5.74) is 6.28. The minimum atomic E-state index is -0.438. The number of allylic oxidation sites excluding steroid dienone is 9. The van der Waals surface area contributed by atoms with Crippen molar-refractivity contribution >= 4 is 40.8 Å². The third kappa shape index (κ3) is 6.21. The molecule has 0 radical (unpaired) electrons. The van der Waals surface area contributed by atoms with E-state index >= 15 is 0 Å². The van der Waals surface area contributed by atoms with Crippen LogP contribution in [0.5, 0.6) is 5.75 Å². The molecular weight excluding hydrogens is 484 g/mol. The number of aliphatic imine (C=N–C) groups is 1. The number of esters is 1. The number of aromatic hydroxyl groups is 1. The lowest BCUT2D eigenvalue weighted by Crippen LogP contribution is -2.28. The summed E-state index contributed by atoms with van der Waals surface area (Å²) in [5.74, 6) is -0.360. The van der Waals surface area contributed by atoms with Gasteiger partial charge in [0.2, 0.25) is 5.52 Å². The van der Waals surface area contributed by atoms with Crippen molar-refractivity contribution in [2.45, 2.75) is 13.8 Å². The van der Waals surface area contributed by atoms with E-state index in [1.807, 2.05) is 99.1 Å². The van der Waals surface area contributed by atoms with Gasteiger partial charge in [-0.2, -0.15) is 0 Å². The highest BCUT2D eigenvalue weighted by Crippen LogP contribution is 2.30. The van der Waals surface area contributed by atoms with Crippen molar-refractivity contribution < 1.29 is 19.2 Å². The number of carbonyl (C=O) groups excluding carboxylic acids is 1. The first kappa shape index (κ1) is 27.3. The number of aryl methyl sites for hydroxylation is 1. The average Bonchev–Trinajstić information content (AvgIpc) is 2.96. The number of benzene rings is 2. The number of para-hydroxylation sites is 1. The lowest BCUT2D eigenvalue weighted by atomic mass is 9.96. The molecule has 1 heterocycles. The van der Waals surface area contributed by atoms with Crippen LogP contribution in [0.15, 0.2) is 107 Å². The summed E-state index contributed by atoms with van der Waals surface area (Å²) in [6.45, 7) is 3.99. The van der Waals surface area contributed by atoms with E-state index in [0.29, 0.717) is 16.7 Å². The Labute approximate surface area is 229 Å². The Hall–Kier alpha value is -4.77. The van der Waals surface area contributed by atoms with E-state index in [0.717, 1.165) is 33.3 Å². The molecule has 5 heteroatoms. The standard InChI is InChI=1S/C34H32N2O3/c1-5-11-24(29-12-7-9-14-31(29)35-3)16-18-26-22-28(34(38)39-6-2)23-27(33(26)37)19-17-25-20-21-36(4)32-15-10-8-13-30(25)32/h5,7-23H,6H2,1-4H3/p+1/b11-5-,18-16+,29-24+,35-31+. The zero-order valence-electron chi connectivity index (χ0n) is 22.8. The van der Waals surface area contributed by atoms with Crippen LogP contribution >= 0.6 is 0 Å². The Morgan fingerprint density at radius 2 is 1.72 bits per heavy atom. The lowest BCUT2D eigenvalue weighted by molar-refractivity contribution is -0.644. The van der Waals surface area contributed by atoms with Crippen LogP contribution in [0.4, 0.5) is 0 Å². The van der Waals surface area contributed by atoms with Gasteiger partial charge in [0.1, 0.15) is 12.8 Å². The molecule has 0 bridgehead atoms. The second-order valence-electron chi connectivity index (χ2n) is 8.99. The number of hydrogen-bond donors (Lipinski definition) is 1. The van der Waals surface area contributed by atoms with Crippen LogP contribution in [-0.4, -0.2) is 30.4 Å². The van der Waals surface area contributed by atoms with Crippen LogP contribution in [0.1, 0.15) is 40.9 Å². The summed E-state index contributed by atoms with van der Waals surface area (Å²) in [6, 6.07) is 13.5. The van der Waals surface area contributed by atoms with Gasteiger partial charge in [0.15, 0.2) is 6.20 Å². The fourth-order valence-corrected chi connectivity index (χ4v) is 4.49. The maximum Gasteiger partial charge on any atom is 0.338 e. The zero-order chi connectivity index (χ0) is 27.8. The normalized spacial score (nSPS) is 15.8. The number of carbonyl (C=O) groups is 1.